The highest BCUT2D eigenvalue weighted by atomic mass is 16.7. The molecule has 0 aliphatic carbocycles. The van der Waals surface area contributed by atoms with Gasteiger partial charge in [0.15, 0.2) is 17.0 Å². The zero-order chi connectivity index (χ0) is 24.6. The third-order valence-corrected chi connectivity index (χ3v) is 6.48. The van der Waals surface area contributed by atoms with Gasteiger partial charge in [-0.15, -0.1) is 0 Å². The van der Waals surface area contributed by atoms with Crippen molar-refractivity contribution < 1.29 is 23.9 Å². The van der Waals surface area contributed by atoms with Crippen molar-refractivity contribution in [2.24, 2.45) is 0 Å². The second kappa shape index (κ2) is 8.79. The Balaban J connectivity index is 1.37. The van der Waals surface area contributed by atoms with Gasteiger partial charge in [0.1, 0.15) is 6.54 Å². The minimum absolute atomic E-state index is 0.168. The molecule has 0 saturated carbocycles. The second-order valence-electron chi connectivity index (χ2n) is 8.70. The van der Waals surface area contributed by atoms with E-state index < -0.39 is 29.9 Å². The predicted octanol–water partition coefficient (Wildman–Crippen LogP) is 3.14. The molecule has 8 heteroatoms. The zero-order valence-electron chi connectivity index (χ0n) is 19.5. The van der Waals surface area contributed by atoms with Crippen LogP contribution in [-0.4, -0.2) is 36.1 Å². The summed E-state index contributed by atoms with van der Waals surface area (Å²) >= 11 is 0. The van der Waals surface area contributed by atoms with Crippen molar-refractivity contribution in [1.82, 2.24) is 15.5 Å². The fraction of sp³-hybridized carbons (Fsp3) is 0.222. The number of nitrogens with zero attached hydrogens (tertiary/aromatic N) is 1. The molecule has 0 radical (unpaired) electrons. The Labute approximate surface area is 202 Å². The number of ether oxygens (including phenoxy) is 2. The Morgan fingerprint density at radius 3 is 2.49 bits per heavy atom. The van der Waals surface area contributed by atoms with Crippen LogP contribution in [-0.2, 0) is 21.7 Å². The summed E-state index contributed by atoms with van der Waals surface area (Å²) in [4.78, 5) is 40.5. The van der Waals surface area contributed by atoms with Crippen LogP contribution in [0.25, 0.3) is 0 Å². The normalized spacial score (nSPS) is 18.5. The van der Waals surface area contributed by atoms with Crippen molar-refractivity contribution in [3.05, 3.63) is 94.5 Å². The predicted molar refractivity (Wildman–Crippen MR) is 128 cm³/mol. The number of fused-ring (bicyclic) bond motifs is 1. The number of hydrogen-bond donors (Lipinski definition) is 2. The summed E-state index contributed by atoms with van der Waals surface area (Å²) in [6, 6.07) is 19.5. The van der Waals surface area contributed by atoms with E-state index in [-0.39, 0.29) is 13.3 Å². The standard InChI is InChI=1S/C27H25N3O5/c1-17-8-10-21(12-18(17)2)27(20-6-4-3-5-7-20)25(32)30(26(33)29-27)15-24(31)28-14-19-9-11-22-23(13-19)35-16-34-22/h3-13H,14-16H2,1-2H3,(H,28,31)(H,29,33). The summed E-state index contributed by atoms with van der Waals surface area (Å²) in [5.74, 6) is 0.334. The number of aryl methyl sites for hydroxylation is 2. The van der Waals surface area contributed by atoms with Crippen LogP contribution in [0.15, 0.2) is 66.7 Å². The van der Waals surface area contributed by atoms with Gasteiger partial charge in [-0.1, -0.05) is 54.6 Å². The molecule has 1 atom stereocenters. The molecule has 1 unspecified atom stereocenters. The highest BCUT2D eigenvalue weighted by Gasteiger charge is 2.54. The lowest BCUT2D eigenvalue weighted by Gasteiger charge is -2.28. The van der Waals surface area contributed by atoms with Gasteiger partial charge < -0.3 is 20.1 Å². The number of amides is 4. The molecule has 178 valence electrons. The van der Waals surface area contributed by atoms with Gasteiger partial charge in [0.2, 0.25) is 12.7 Å². The molecule has 2 aliphatic rings. The Kier molecular flexibility index (Phi) is 5.64. The monoisotopic (exact) mass is 471 g/mol. The van der Waals surface area contributed by atoms with Crippen molar-refractivity contribution >= 4 is 17.8 Å². The van der Waals surface area contributed by atoms with E-state index in [1.165, 1.54) is 0 Å². The number of imide groups is 1. The van der Waals surface area contributed by atoms with E-state index in [1.807, 2.05) is 56.3 Å². The van der Waals surface area contributed by atoms with E-state index in [9.17, 15) is 14.4 Å². The van der Waals surface area contributed by atoms with Crippen molar-refractivity contribution in [2.45, 2.75) is 25.9 Å². The maximum absolute atomic E-state index is 13.8. The third kappa shape index (κ3) is 3.97. The Morgan fingerprint density at radius 1 is 0.943 bits per heavy atom. The number of hydrogen-bond acceptors (Lipinski definition) is 5. The minimum atomic E-state index is -1.41. The third-order valence-electron chi connectivity index (χ3n) is 6.48. The number of nitrogens with one attached hydrogen (secondary N) is 2. The molecule has 1 saturated heterocycles. The van der Waals surface area contributed by atoms with E-state index in [4.69, 9.17) is 9.47 Å². The second-order valence-corrected chi connectivity index (χ2v) is 8.70. The molecule has 5 rings (SSSR count). The van der Waals surface area contributed by atoms with E-state index >= 15 is 0 Å². The van der Waals surface area contributed by atoms with Gasteiger partial charge in [-0.3, -0.25) is 14.5 Å². The van der Waals surface area contributed by atoms with E-state index in [2.05, 4.69) is 10.6 Å². The first-order chi connectivity index (χ1) is 16.9. The number of carbonyl (C=O) groups excluding carboxylic acids is 3. The number of carbonyl (C=O) groups is 3. The Bertz CT molecular complexity index is 1320. The van der Waals surface area contributed by atoms with Gasteiger partial charge in [0.25, 0.3) is 5.91 Å². The van der Waals surface area contributed by atoms with E-state index in [1.54, 1.807) is 24.3 Å². The molecule has 8 nitrogen and oxygen atoms in total. The van der Waals surface area contributed by atoms with Crippen LogP contribution in [0.1, 0.15) is 27.8 Å². The lowest BCUT2D eigenvalue weighted by atomic mass is 9.81. The molecule has 2 N–H and O–H groups in total. The van der Waals surface area contributed by atoms with Gasteiger partial charge in [-0.25, -0.2) is 4.79 Å². The van der Waals surface area contributed by atoms with Gasteiger partial charge in [-0.05, 0) is 53.8 Å². The molecule has 4 amide bonds. The Hall–Kier alpha value is -4.33. The minimum Gasteiger partial charge on any atom is -0.454 e. The molecule has 1 fully saturated rings. The smallest absolute Gasteiger partial charge is 0.326 e. The van der Waals surface area contributed by atoms with Crippen LogP contribution < -0.4 is 20.1 Å². The van der Waals surface area contributed by atoms with Crippen molar-refractivity contribution in [3.63, 3.8) is 0 Å². The van der Waals surface area contributed by atoms with Gasteiger partial charge >= 0.3 is 6.03 Å². The summed E-state index contributed by atoms with van der Waals surface area (Å²) in [6.45, 7) is 3.94. The molecular formula is C27H25N3O5. The van der Waals surface area contributed by atoms with E-state index in [0.29, 0.717) is 22.6 Å². The van der Waals surface area contributed by atoms with Crippen LogP contribution in [0.5, 0.6) is 11.5 Å². The topological polar surface area (TPSA) is 97.0 Å². The van der Waals surface area contributed by atoms with E-state index in [0.717, 1.165) is 21.6 Å². The molecule has 3 aromatic carbocycles. The molecule has 2 heterocycles. The number of urea groups is 1. The van der Waals surface area contributed by atoms with Gasteiger partial charge in [0, 0.05) is 6.54 Å². The molecule has 0 aromatic heterocycles. The highest BCUT2D eigenvalue weighted by Crippen LogP contribution is 2.37. The van der Waals surface area contributed by atoms with Crippen molar-refractivity contribution in [2.75, 3.05) is 13.3 Å². The van der Waals surface area contributed by atoms with Crippen LogP contribution in [0, 0.1) is 13.8 Å². The Morgan fingerprint density at radius 2 is 1.71 bits per heavy atom. The van der Waals surface area contributed by atoms with Crippen molar-refractivity contribution in [3.8, 4) is 11.5 Å². The average molecular weight is 472 g/mol. The summed E-state index contributed by atoms with van der Waals surface area (Å²) in [7, 11) is 0. The lowest BCUT2D eigenvalue weighted by molar-refractivity contribution is -0.134. The maximum atomic E-state index is 13.8. The summed E-state index contributed by atoms with van der Waals surface area (Å²) in [5, 5.41) is 5.65. The first-order valence-electron chi connectivity index (χ1n) is 11.3. The molecule has 0 bridgehead atoms. The number of rotatable bonds is 6. The van der Waals surface area contributed by atoms with Crippen LogP contribution in [0.2, 0.25) is 0 Å². The van der Waals surface area contributed by atoms with Crippen LogP contribution in [0.4, 0.5) is 4.79 Å². The molecular weight excluding hydrogens is 446 g/mol. The lowest BCUT2D eigenvalue weighted by Crippen LogP contribution is -2.46. The van der Waals surface area contributed by atoms with Crippen molar-refractivity contribution in [1.29, 1.82) is 0 Å². The quantitative estimate of drug-likeness (QED) is 0.539. The molecule has 2 aliphatic heterocycles. The molecule has 3 aromatic rings. The molecule has 35 heavy (non-hydrogen) atoms. The average Bonchev–Trinajstić information content (AvgIpc) is 3.43. The summed E-state index contributed by atoms with van der Waals surface area (Å²) in [6.07, 6.45) is 0. The maximum Gasteiger partial charge on any atom is 0.326 e. The zero-order valence-corrected chi connectivity index (χ0v) is 19.5. The molecule has 0 spiro atoms. The highest BCUT2D eigenvalue weighted by molar-refractivity contribution is 6.11. The number of benzene rings is 3. The first-order valence-corrected chi connectivity index (χ1v) is 11.3. The van der Waals surface area contributed by atoms with Gasteiger partial charge in [0.05, 0.1) is 0 Å². The largest absolute Gasteiger partial charge is 0.454 e. The fourth-order valence-corrected chi connectivity index (χ4v) is 4.39. The summed E-state index contributed by atoms with van der Waals surface area (Å²) in [5.41, 5.74) is 2.76. The fourth-order valence-electron chi connectivity index (χ4n) is 4.39. The summed E-state index contributed by atoms with van der Waals surface area (Å²) < 4.78 is 10.7. The van der Waals surface area contributed by atoms with Crippen LogP contribution >= 0.6 is 0 Å². The van der Waals surface area contributed by atoms with Gasteiger partial charge in [-0.2, -0.15) is 0 Å². The first kappa shape index (κ1) is 22.5. The SMILES string of the molecule is Cc1ccc(C2(c3ccccc3)NC(=O)N(CC(=O)NCc3ccc4c(c3)OCO4)C2=O)cc1C. The van der Waals surface area contributed by atoms with Crippen LogP contribution in [0.3, 0.4) is 0 Å².